The van der Waals surface area contributed by atoms with Gasteiger partial charge in [-0.1, -0.05) is 37.3 Å². The third kappa shape index (κ3) is 6.37. The number of hydrogen-bond acceptors (Lipinski definition) is 7. The van der Waals surface area contributed by atoms with Crippen LogP contribution < -0.4 is 20.5 Å². The van der Waals surface area contributed by atoms with Crippen LogP contribution in [0.4, 0.5) is 20.4 Å². The van der Waals surface area contributed by atoms with Crippen LogP contribution in [0.25, 0.3) is 11.3 Å². The molecule has 39 heavy (non-hydrogen) atoms. The number of nitrogens with zero attached hydrogens (tertiary/aromatic N) is 3. The number of piperidine rings is 1. The van der Waals surface area contributed by atoms with Crippen molar-refractivity contribution >= 4 is 22.6 Å². The number of aromatic nitrogens is 3. The minimum Gasteiger partial charge on any atom is -0.435 e. The van der Waals surface area contributed by atoms with Gasteiger partial charge in [0.1, 0.15) is 11.0 Å². The van der Waals surface area contributed by atoms with E-state index in [0.29, 0.717) is 11.3 Å². The van der Waals surface area contributed by atoms with Crippen molar-refractivity contribution in [3.8, 4) is 22.9 Å². The van der Waals surface area contributed by atoms with Gasteiger partial charge < -0.3 is 20.5 Å². The van der Waals surface area contributed by atoms with Crippen molar-refractivity contribution in [1.82, 2.24) is 20.3 Å². The summed E-state index contributed by atoms with van der Waals surface area (Å²) >= 11 is 0. The molecule has 6 rings (SSSR count). The molecule has 2 aromatic heterocycles. The van der Waals surface area contributed by atoms with Crippen molar-refractivity contribution in [3.63, 3.8) is 0 Å². The molecule has 3 heterocycles. The van der Waals surface area contributed by atoms with E-state index in [4.69, 9.17) is 10.5 Å². The number of nitrogens with one attached hydrogen (secondary N) is 2. The van der Waals surface area contributed by atoms with Crippen LogP contribution in [0.2, 0.25) is 0 Å². The molecule has 1 saturated carbocycles. The van der Waals surface area contributed by atoms with Crippen LogP contribution in [0.5, 0.6) is 11.6 Å². The zero-order chi connectivity index (χ0) is 27.4. The van der Waals surface area contributed by atoms with Crippen molar-refractivity contribution in [3.05, 3.63) is 90.3 Å². The lowest BCUT2D eigenvalue weighted by Crippen LogP contribution is -2.13. The fourth-order valence-electron chi connectivity index (χ4n) is 4.60. The number of halogens is 2. The minimum absolute atomic E-state index is 0.0114. The van der Waals surface area contributed by atoms with E-state index in [-0.39, 0.29) is 29.0 Å². The Bertz CT molecular complexity index is 1470. The topological polar surface area (TPSA) is 115 Å². The molecule has 2 fully saturated rings. The summed E-state index contributed by atoms with van der Waals surface area (Å²) in [4.78, 5) is 12.0. The van der Waals surface area contributed by atoms with E-state index < -0.39 is 22.6 Å². The molecule has 0 spiro atoms. The second-order valence-electron chi connectivity index (χ2n) is 9.42. The molecule has 8 nitrogen and oxygen atoms in total. The van der Waals surface area contributed by atoms with E-state index >= 15 is 0 Å². The molecule has 0 amide bonds. The van der Waals surface area contributed by atoms with Crippen LogP contribution in [0.1, 0.15) is 12.5 Å². The molecule has 0 radical (unpaired) electrons. The number of nitrogen functional groups attached to an aromatic ring is 1. The van der Waals surface area contributed by atoms with E-state index in [1.54, 1.807) is 42.5 Å². The Labute approximate surface area is 227 Å². The molecule has 3 atom stereocenters. The molecule has 0 bridgehead atoms. The van der Waals surface area contributed by atoms with Crippen molar-refractivity contribution < 1.29 is 17.7 Å². The largest absolute Gasteiger partial charge is 0.435 e. The zero-order valence-electron chi connectivity index (χ0n) is 21.2. The SMILES string of the molecule is CC1C2CNCC12.Nc1nccc(-c2cccnc2Oc2ccc(NS(=O)Cc3ccccc3)c(F)c2F)n1. The van der Waals surface area contributed by atoms with Crippen LogP contribution in [-0.2, 0) is 16.7 Å². The molecule has 4 N–H and O–H groups in total. The fourth-order valence-corrected chi connectivity index (χ4v) is 5.57. The van der Waals surface area contributed by atoms with E-state index in [2.05, 4.69) is 31.9 Å². The quantitative estimate of drug-likeness (QED) is 0.299. The van der Waals surface area contributed by atoms with E-state index in [1.165, 1.54) is 37.6 Å². The smallest absolute Gasteiger partial charge is 0.228 e. The molecule has 202 valence electrons. The number of hydrogen-bond donors (Lipinski definition) is 3. The highest BCUT2D eigenvalue weighted by molar-refractivity contribution is 7.85. The Kier molecular flexibility index (Phi) is 8.08. The Morgan fingerprint density at radius 2 is 1.77 bits per heavy atom. The molecule has 1 aliphatic heterocycles. The van der Waals surface area contributed by atoms with Crippen LogP contribution in [0, 0.1) is 29.4 Å². The van der Waals surface area contributed by atoms with Crippen molar-refractivity contribution in [2.24, 2.45) is 17.8 Å². The molecular weight excluding hydrogens is 522 g/mol. The second kappa shape index (κ2) is 11.8. The number of pyridine rings is 1. The summed E-state index contributed by atoms with van der Waals surface area (Å²) in [6.45, 7) is 4.95. The highest BCUT2D eigenvalue weighted by atomic mass is 32.2. The molecule has 11 heteroatoms. The summed E-state index contributed by atoms with van der Waals surface area (Å²) in [5.41, 5.74) is 7.02. The molecule has 2 aromatic carbocycles. The predicted octanol–water partition coefficient (Wildman–Crippen LogP) is 4.94. The lowest BCUT2D eigenvalue weighted by atomic mass is 10.2. The summed E-state index contributed by atoms with van der Waals surface area (Å²) in [5, 5.41) is 3.35. The number of rotatable bonds is 7. The van der Waals surface area contributed by atoms with Crippen molar-refractivity contribution in [2.45, 2.75) is 12.7 Å². The highest BCUT2D eigenvalue weighted by Crippen LogP contribution is 2.47. The minimum atomic E-state index is -1.65. The second-order valence-corrected chi connectivity index (χ2v) is 10.6. The van der Waals surface area contributed by atoms with Crippen LogP contribution in [-0.4, -0.2) is 32.3 Å². The first-order chi connectivity index (χ1) is 18.9. The summed E-state index contributed by atoms with van der Waals surface area (Å²) in [6.07, 6.45) is 2.91. The van der Waals surface area contributed by atoms with Gasteiger partial charge in [0.15, 0.2) is 11.6 Å². The van der Waals surface area contributed by atoms with Crippen molar-refractivity contribution in [2.75, 3.05) is 23.5 Å². The first-order valence-electron chi connectivity index (χ1n) is 12.5. The van der Waals surface area contributed by atoms with Crippen LogP contribution >= 0.6 is 0 Å². The number of benzene rings is 2. The molecular formula is C28H28F2N6O2S. The predicted molar refractivity (Wildman–Crippen MR) is 147 cm³/mol. The van der Waals surface area contributed by atoms with Gasteiger partial charge in [-0.15, -0.1) is 0 Å². The Morgan fingerprint density at radius 1 is 1.00 bits per heavy atom. The number of anilines is 2. The monoisotopic (exact) mass is 550 g/mol. The van der Waals surface area contributed by atoms with Gasteiger partial charge in [0.05, 0.1) is 22.7 Å². The summed E-state index contributed by atoms with van der Waals surface area (Å²) in [5.74, 6) is 0.550. The maximum Gasteiger partial charge on any atom is 0.228 e. The molecule has 4 aromatic rings. The van der Waals surface area contributed by atoms with Gasteiger partial charge in [0, 0.05) is 12.4 Å². The average Bonchev–Trinajstić information content (AvgIpc) is 3.31. The van der Waals surface area contributed by atoms with Gasteiger partial charge in [-0.2, -0.15) is 4.39 Å². The molecule has 2 aliphatic rings. The summed E-state index contributed by atoms with van der Waals surface area (Å²) in [6, 6.07) is 16.4. The van der Waals surface area contributed by atoms with Gasteiger partial charge in [0.2, 0.25) is 17.6 Å². The maximum atomic E-state index is 14.7. The van der Waals surface area contributed by atoms with E-state index in [1.807, 2.05) is 6.07 Å². The summed E-state index contributed by atoms with van der Waals surface area (Å²) in [7, 11) is -1.65. The van der Waals surface area contributed by atoms with E-state index in [0.717, 1.165) is 23.3 Å². The third-order valence-electron chi connectivity index (χ3n) is 6.86. The Balaban J connectivity index is 0.000000376. The number of fused-ring (bicyclic) bond motifs is 1. The normalized spacial score (nSPS) is 19.8. The molecule has 1 saturated heterocycles. The molecule has 3 unspecified atom stereocenters. The lowest BCUT2D eigenvalue weighted by Gasteiger charge is -2.13. The Hall–Kier alpha value is -3.96. The first-order valence-corrected chi connectivity index (χ1v) is 13.8. The van der Waals surface area contributed by atoms with Gasteiger partial charge in [-0.3, -0.25) is 0 Å². The number of nitrogens with two attached hydrogens (primary N) is 1. The maximum absolute atomic E-state index is 14.7. The van der Waals surface area contributed by atoms with Crippen LogP contribution in [0.3, 0.4) is 0 Å². The van der Waals surface area contributed by atoms with Crippen LogP contribution in [0.15, 0.2) is 73.1 Å². The van der Waals surface area contributed by atoms with E-state index in [9.17, 15) is 13.0 Å². The van der Waals surface area contributed by atoms with Gasteiger partial charge in [-0.25, -0.2) is 23.6 Å². The standard InChI is InChI=1S/C22H17F2N5O2S.C6H11N/c23-19-17(29-32(30)13-14-5-2-1-3-6-14)8-9-18(20(19)24)31-21-15(7-4-11-26-21)16-10-12-27-22(25)28-16;1-4-5-2-7-3-6(4)5/h1-12,29H,13H2,(H2,25,27,28);4-7H,2-3H2,1H3. The fraction of sp³-hybridized carbons (Fsp3) is 0.250. The van der Waals surface area contributed by atoms with Gasteiger partial charge in [-0.05, 0) is 66.7 Å². The van der Waals surface area contributed by atoms with Crippen molar-refractivity contribution in [1.29, 1.82) is 0 Å². The van der Waals surface area contributed by atoms with Gasteiger partial charge >= 0.3 is 0 Å². The van der Waals surface area contributed by atoms with Gasteiger partial charge in [0.25, 0.3) is 0 Å². The zero-order valence-corrected chi connectivity index (χ0v) is 22.0. The average molecular weight is 551 g/mol. The first kappa shape index (κ1) is 26.6. The molecule has 1 aliphatic carbocycles. The summed E-state index contributed by atoms with van der Waals surface area (Å²) < 4.78 is 49.7. The highest BCUT2D eigenvalue weighted by Gasteiger charge is 2.49. The Morgan fingerprint density at radius 3 is 2.46 bits per heavy atom. The lowest BCUT2D eigenvalue weighted by molar-refractivity contribution is 0.408. The third-order valence-corrected chi connectivity index (χ3v) is 7.90. The number of ether oxygens (including phenoxy) is 1.